The highest BCUT2D eigenvalue weighted by atomic mass is 16.4. The first-order chi connectivity index (χ1) is 9.71. The largest absolute Gasteiger partial charge is 0.480 e. The number of benzene rings is 1. The van der Waals surface area contributed by atoms with Crippen LogP contribution >= 0.6 is 0 Å². The molecule has 0 saturated carbocycles. The van der Waals surface area contributed by atoms with Gasteiger partial charge in [-0.3, -0.25) is 4.79 Å². The minimum Gasteiger partial charge on any atom is -0.480 e. The lowest BCUT2D eigenvalue weighted by atomic mass is 9.90. The fourth-order valence-corrected chi connectivity index (χ4v) is 1.97. The van der Waals surface area contributed by atoms with Crippen molar-refractivity contribution in [3.8, 4) is 0 Å². The van der Waals surface area contributed by atoms with Gasteiger partial charge in [0.1, 0.15) is 5.54 Å². The van der Waals surface area contributed by atoms with Crippen molar-refractivity contribution < 1.29 is 14.7 Å². The normalized spacial score (nSPS) is 16.3. The maximum Gasteiger partial charge on any atom is 0.329 e. The summed E-state index contributed by atoms with van der Waals surface area (Å²) < 4.78 is 0. The molecule has 0 saturated heterocycles. The number of hydrogen-bond donors (Lipinski definition) is 3. The molecule has 0 aromatic heterocycles. The van der Waals surface area contributed by atoms with E-state index in [9.17, 15) is 14.7 Å². The average Bonchev–Trinajstić information content (AvgIpc) is 2.39. The molecule has 1 amide bonds. The number of carbonyl (C=O) groups excluding carboxylic acids is 1. The molecule has 1 aromatic rings. The first-order valence-corrected chi connectivity index (χ1v) is 6.71. The van der Waals surface area contributed by atoms with E-state index in [1.165, 1.54) is 13.0 Å². The van der Waals surface area contributed by atoms with Crippen molar-refractivity contribution in [1.29, 1.82) is 0 Å². The molecule has 1 aromatic carbocycles. The van der Waals surface area contributed by atoms with Crippen molar-refractivity contribution in [2.45, 2.75) is 37.8 Å². The van der Waals surface area contributed by atoms with Crippen LogP contribution in [0.15, 0.2) is 43.0 Å². The van der Waals surface area contributed by atoms with Crippen LogP contribution in [0.5, 0.6) is 0 Å². The van der Waals surface area contributed by atoms with Gasteiger partial charge in [-0.25, -0.2) is 4.79 Å². The van der Waals surface area contributed by atoms with Crippen LogP contribution in [0.1, 0.15) is 25.8 Å². The van der Waals surface area contributed by atoms with Gasteiger partial charge >= 0.3 is 5.97 Å². The second kappa shape index (κ2) is 6.54. The Labute approximate surface area is 124 Å². The quantitative estimate of drug-likeness (QED) is 0.663. The van der Waals surface area contributed by atoms with E-state index >= 15 is 0 Å². The number of aliphatic carboxylic acids is 1. The number of carboxylic acids is 1. The Morgan fingerprint density at radius 1 is 1.33 bits per heavy atom. The lowest BCUT2D eigenvalue weighted by molar-refractivity contribution is -0.147. The fourth-order valence-electron chi connectivity index (χ4n) is 1.97. The van der Waals surface area contributed by atoms with Crippen LogP contribution in [-0.2, 0) is 16.0 Å². The van der Waals surface area contributed by atoms with Crippen LogP contribution in [0.3, 0.4) is 0 Å². The van der Waals surface area contributed by atoms with E-state index in [-0.39, 0.29) is 6.42 Å². The van der Waals surface area contributed by atoms with Crippen LogP contribution in [0.4, 0.5) is 0 Å². The summed E-state index contributed by atoms with van der Waals surface area (Å²) in [6.45, 7) is 6.55. The van der Waals surface area contributed by atoms with Crippen LogP contribution in [-0.4, -0.2) is 28.1 Å². The Hall–Kier alpha value is -2.14. The van der Waals surface area contributed by atoms with Gasteiger partial charge in [0.2, 0.25) is 5.91 Å². The Morgan fingerprint density at radius 2 is 1.90 bits per heavy atom. The summed E-state index contributed by atoms with van der Waals surface area (Å²) in [5.41, 5.74) is 4.38. The highest BCUT2D eigenvalue weighted by molar-refractivity contribution is 5.91. The Kier molecular flexibility index (Phi) is 5.27. The van der Waals surface area contributed by atoms with Crippen molar-refractivity contribution in [1.82, 2.24) is 5.32 Å². The number of rotatable bonds is 7. The van der Waals surface area contributed by atoms with Crippen LogP contribution in [0.2, 0.25) is 0 Å². The number of carbonyl (C=O) groups is 2. The maximum absolute atomic E-state index is 12.3. The molecule has 0 unspecified atom stereocenters. The third-order valence-electron chi connectivity index (χ3n) is 3.35. The zero-order chi connectivity index (χ0) is 16.1. The molecule has 114 valence electrons. The monoisotopic (exact) mass is 290 g/mol. The smallest absolute Gasteiger partial charge is 0.329 e. The third-order valence-corrected chi connectivity index (χ3v) is 3.35. The molecule has 5 nitrogen and oxygen atoms in total. The highest BCUT2D eigenvalue weighted by Gasteiger charge is 2.38. The van der Waals surface area contributed by atoms with Gasteiger partial charge in [0.05, 0.1) is 5.54 Å². The Bertz CT molecular complexity index is 526. The molecule has 0 bridgehead atoms. The van der Waals surface area contributed by atoms with Gasteiger partial charge in [-0.1, -0.05) is 36.4 Å². The van der Waals surface area contributed by atoms with Crippen LogP contribution < -0.4 is 11.1 Å². The zero-order valence-electron chi connectivity index (χ0n) is 12.4. The molecule has 0 aliphatic rings. The maximum atomic E-state index is 12.3. The molecule has 0 aliphatic heterocycles. The summed E-state index contributed by atoms with van der Waals surface area (Å²) in [5.74, 6) is -1.62. The van der Waals surface area contributed by atoms with Gasteiger partial charge in [0, 0.05) is 0 Å². The predicted molar refractivity (Wildman–Crippen MR) is 81.7 cm³/mol. The van der Waals surface area contributed by atoms with Gasteiger partial charge in [-0.2, -0.15) is 0 Å². The van der Waals surface area contributed by atoms with Crippen molar-refractivity contribution in [3.63, 3.8) is 0 Å². The van der Waals surface area contributed by atoms with Gasteiger partial charge in [0.25, 0.3) is 0 Å². The van der Waals surface area contributed by atoms with Crippen molar-refractivity contribution in [2.24, 2.45) is 5.73 Å². The van der Waals surface area contributed by atoms with Crippen molar-refractivity contribution in [3.05, 3.63) is 48.6 Å². The minimum absolute atomic E-state index is 0.121. The van der Waals surface area contributed by atoms with Gasteiger partial charge < -0.3 is 16.2 Å². The second-order valence-electron chi connectivity index (χ2n) is 5.66. The topological polar surface area (TPSA) is 92.4 Å². The number of amides is 1. The van der Waals surface area contributed by atoms with Crippen molar-refractivity contribution in [2.75, 3.05) is 0 Å². The Balaban J connectivity index is 2.85. The van der Waals surface area contributed by atoms with Gasteiger partial charge in [-0.05, 0) is 32.3 Å². The average molecular weight is 290 g/mol. The minimum atomic E-state index is -1.41. The van der Waals surface area contributed by atoms with E-state index in [4.69, 9.17) is 5.73 Å². The Morgan fingerprint density at radius 3 is 2.38 bits per heavy atom. The highest BCUT2D eigenvalue weighted by Crippen LogP contribution is 2.16. The summed E-state index contributed by atoms with van der Waals surface area (Å²) in [6.07, 6.45) is 1.90. The molecule has 0 radical (unpaired) electrons. The third kappa shape index (κ3) is 4.43. The summed E-state index contributed by atoms with van der Waals surface area (Å²) in [6, 6.07) is 9.35. The number of nitrogens with one attached hydrogen (secondary N) is 1. The molecule has 0 heterocycles. The predicted octanol–water partition coefficient (Wildman–Crippen LogP) is 1.48. The molecule has 1 rings (SSSR count). The molecule has 4 N–H and O–H groups in total. The second-order valence-corrected chi connectivity index (χ2v) is 5.66. The molecule has 2 atom stereocenters. The lowest BCUT2D eigenvalue weighted by Crippen LogP contribution is -2.61. The van der Waals surface area contributed by atoms with E-state index in [0.29, 0.717) is 6.42 Å². The standard InChI is InChI=1S/C16H22N2O3/c1-4-10-16(3,14(20)21)18-13(19)15(2,17)11-12-8-6-5-7-9-12/h4-9H,1,10-11,17H2,2-3H3,(H,18,19)(H,20,21)/t15-,16-/m0/s1. The first-order valence-electron chi connectivity index (χ1n) is 6.71. The van der Waals surface area contributed by atoms with E-state index in [2.05, 4.69) is 11.9 Å². The van der Waals surface area contributed by atoms with E-state index < -0.39 is 23.0 Å². The molecular formula is C16H22N2O3. The lowest BCUT2D eigenvalue weighted by Gasteiger charge is -2.31. The van der Waals surface area contributed by atoms with E-state index in [0.717, 1.165) is 5.56 Å². The molecule has 0 aliphatic carbocycles. The molecular weight excluding hydrogens is 268 g/mol. The van der Waals surface area contributed by atoms with E-state index in [1.54, 1.807) is 6.92 Å². The van der Waals surface area contributed by atoms with Gasteiger partial charge in [-0.15, -0.1) is 6.58 Å². The summed E-state index contributed by atoms with van der Waals surface area (Å²) in [4.78, 5) is 23.7. The summed E-state index contributed by atoms with van der Waals surface area (Å²) >= 11 is 0. The number of carboxylic acid groups (broad SMARTS) is 1. The molecule has 0 spiro atoms. The molecule has 21 heavy (non-hydrogen) atoms. The molecule has 5 heteroatoms. The van der Waals surface area contributed by atoms with E-state index in [1.807, 2.05) is 30.3 Å². The number of nitrogens with two attached hydrogens (primary N) is 1. The first kappa shape index (κ1) is 16.9. The van der Waals surface area contributed by atoms with Crippen molar-refractivity contribution >= 4 is 11.9 Å². The summed E-state index contributed by atoms with van der Waals surface area (Å²) in [7, 11) is 0. The van der Waals surface area contributed by atoms with Crippen LogP contribution in [0.25, 0.3) is 0 Å². The van der Waals surface area contributed by atoms with Gasteiger partial charge in [0.15, 0.2) is 0 Å². The summed E-state index contributed by atoms with van der Waals surface area (Å²) in [5, 5.41) is 11.8. The number of hydrogen-bond acceptors (Lipinski definition) is 3. The fraction of sp³-hybridized carbons (Fsp3) is 0.375. The van der Waals surface area contributed by atoms with Crippen LogP contribution in [0, 0.1) is 0 Å². The zero-order valence-corrected chi connectivity index (χ0v) is 12.4. The molecule has 0 fully saturated rings. The SMILES string of the molecule is C=CC[C@](C)(NC(=O)[C@@](C)(N)Cc1ccccc1)C(=O)O.